The second kappa shape index (κ2) is 5.49. The Balaban J connectivity index is 1.74. The van der Waals surface area contributed by atoms with Crippen LogP contribution in [0.3, 0.4) is 0 Å². The van der Waals surface area contributed by atoms with Gasteiger partial charge >= 0.3 is 5.97 Å². The van der Waals surface area contributed by atoms with Gasteiger partial charge in [-0.1, -0.05) is 0 Å². The zero-order chi connectivity index (χ0) is 12.3. The highest BCUT2D eigenvalue weighted by atomic mass is 16.4. The van der Waals surface area contributed by atoms with E-state index in [9.17, 15) is 9.59 Å². The van der Waals surface area contributed by atoms with E-state index >= 15 is 0 Å². The van der Waals surface area contributed by atoms with Crippen LogP contribution in [0.5, 0.6) is 0 Å². The maximum Gasteiger partial charge on any atom is 0.306 e. The summed E-state index contributed by atoms with van der Waals surface area (Å²) in [4.78, 5) is 26.7. The molecular weight excluding hydrogens is 220 g/mol. The summed E-state index contributed by atoms with van der Waals surface area (Å²) < 4.78 is 0. The van der Waals surface area contributed by atoms with Crippen LogP contribution in [0.25, 0.3) is 0 Å². The second-order valence-electron chi connectivity index (χ2n) is 4.98. The van der Waals surface area contributed by atoms with Crippen molar-refractivity contribution in [3.63, 3.8) is 0 Å². The van der Waals surface area contributed by atoms with Crippen molar-refractivity contribution in [2.24, 2.45) is 5.92 Å². The number of carboxylic acids is 1. The molecule has 0 unspecified atom stereocenters. The lowest BCUT2D eigenvalue weighted by Crippen LogP contribution is -2.43. The maximum atomic E-state index is 11.9. The molecule has 96 valence electrons. The lowest BCUT2D eigenvalue weighted by atomic mass is 9.97. The molecule has 2 rings (SSSR count). The van der Waals surface area contributed by atoms with Gasteiger partial charge in [0.05, 0.1) is 12.5 Å². The molecule has 0 bridgehead atoms. The number of aliphatic carboxylic acids is 1. The summed E-state index contributed by atoms with van der Waals surface area (Å²) in [5.41, 5.74) is 0. The minimum Gasteiger partial charge on any atom is -0.481 e. The first kappa shape index (κ1) is 12.4. The molecule has 2 heterocycles. The fraction of sp³-hybridized carbons (Fsp3) is 0.833. The van der Waals surface area contributed by atoms with Crippen LogP contribution < -0.4 is 0 Å². The van der Waals surface area contributed by atoms with Gasteiger partial charge in [0.15, 0.2) is 0 Å². The number of hydrogen-bond donors (Lipinski definition) is 1. The van der Waals surface area contributed by atoms with E-state index in [-0.39, 0.29) is 11.8 Å². The number of piperidine rings is 1. The van der Waals surface area contributed by atoms with E-state index in [2.05, 4.69) is 4.90 Å². The Hall–Kier alpha value is -1.10. The molecule has 2 saturated heterocycles. The van der Waals surface area contributed by atoms with Crippen molar-refractivity contribution in [3.8, 4) is 0 Å². The molecule has 0 aromatic carbocycles. The molecule has 1 N–H and O–H groups in total. The van der Waals surface area contributed by atoms with Gasteiger partial charge in [0.25, 0.3) is 0 Å². The summed E-state index contributed by atoms with van der Waals surface area (Å²) in [6.07, 6.45) is 3.57. The topological polar surface area (TPSA) is 60.9 Å². The lowest BCUT2D eigenvalue weighted by Gasteiger charge is -2.30. The molecule has 2 fully saturated rings. The Kier molecular flexibility index (Phi) is 3.99. The third kappa shape index (κ3) is 3.19. The van der Waals surface area contributed by atoms with E-state index < -0.39 is 5.97 Å². The molecule has 2 aliphatic rings. The van der Waals surface area contributed by atoms with Crippen molar-refractivity contribution >= 4 is 11.9 Å². The monoisotopic (exact) mass is 240 g/mol. The van der Waals surface area contributed by atoms with E-state index in [1.165, 1.54) is 0 Å². The van der Waals surface area contributed by atoms with Crippen LogP contribution in [0, 0.1) is 5.92 Å². The Morgan fingerprint density at radius 1 is 1.06 bits per heavy atom. The van der Waals surface area contributed by atoms with Gasteiger partial charge in [0.2, 0.25) is 5.91 Å². The molecule has 0 radical (unpaired) electrons. The molecule has 2 aliphatic heterocycles. The van der Waals surface area contributed by atoms with Gasteiger partial charge in [-0.3, -0.25) is 14.5 Å². The molecule has 5 nitrogen and oxygen atoms in total. The normalized spacial score (nSPS) is 22.9. The molecule has 17 heavy (non-hydrogen) atoms. The summed E-state index contributed by atoms with van der Waals surface area (Å²) in [5.74, 6) is -0.708. The number of carbonyl (C=O) groups excluding carboxylic acids is 1. The predicted octanol–water partition coefficient (Wildman–Crippen LogP) is 0.405. The predicted molar refractivity (Wildman–Crippen MR) is 62.6 cm³/mol. The van der Waals surface area contributed by atoms with E-state index in [0.29, 0.717) is 19.4 Å². The van der Waals surface area contributed by atoms with Crippen molar-refractivity contribution in [2.45, 2.75) is 25.7 Å². The lowest BCUT2D eigenvalue weighted by molar-refractivity contribution is -0.143. The van der Waals surface area contributed by atoms with Crippen LogP contribution in [0.15, 0.2) is 0 Å². The highest BCUT2D eigenvalue weighted by Crippen LogP contribution is 2.17. The van der Waals surface area contributed by atoms with Crippen molar-refractivity contribution in [3.05, 3.63) is 0 Å². The summed E-state index contributed by atoms with van der Waals surface area (Å²) in [6.45, 7) is 3.72. The first-order valence-electron chi connectivity index (χ1n) is 6.40. The number of hydrogen-bond acceptors (Lipinski definition) is 3. The molecule has 0 aromatic heterocycles. The van der Waals surface area contributed by atoms with Gasteiger partial charge in [0, 0.05) is 13.1 Å². The smallest absolute Gasteiger partial charge is 0.306 e. The number of carbonyl (C=O) groups is 2. The fourth-order valence-electron chi connectivity index (χ4n) is 2.60. The summed E-state index contributed by atoms with van der Waals surface area (Å²) in [5, 5.41) is 8.89. The van der Waals surface area contributed by atoms with Gasteiger partial charge in [-0.25, -0.2) is 0 Å². The van der Waals surface area contributed by atoms with Crippen LogP contribution in [0.2, 0.25) is 0 Å². The zero-order valence-electron chi connectivity index (χ0n) is 10.1. The Labute approximate surface area is 101 Å². The van der Waals surface area contributed by atoms with Gasteiger partial charge in [-0.05, 0) is 38.8 Å². The molecular formula is C12H20N2O3. The fourth-order valence-corrected chi connectivity index (χ4v) is 2.60. The second-order valence-corrected chi connectivity index (χ2v) is 4.98. The zero-order valence-corrected chi connectivity index (χ0v) is 10.1. The minimum atomic E-state index is -0.699. The molecule has 0 spiro atoms. The van der Waals surface area contributed by atoms with Crippen LogP contribution in [0.4, 0.5) is 0 Å². The van der Waals surface area contributed by atoms with Crippen molar-refractivity contribution in [2.75, 3.05) is 32.7 Å². The van der Waals surface area contributed by atoms with Gasteiger partial charge < -0.3 is 10.0 Å². The van der Waals surface area contributed by atoms with Gasteiger partial charge in [-0.15, -0.1) is 0 Å². The van der Waals surface area contributed by atoms with Gasteiger partial charge in [-0.2, -0.15) is 0 Å². The molecule has 0 aliphatic carbocycles. The number of amides is 1. The van der Waals surface area contributed by atoms with Crippen LogP contribution in [0.1, 0.15) is 25.7 Å². The molecule has 0 atom stereocenters. The minimum absolute atomic E-state index is 0.205. The van der Waals surface area contributed by atoms with Crippen LogP contribution in [-0.2, 0) is 9.59 Å². The Morgan fingerprint density at radius 2 is 1.65 bits per heavy atom. The van der Waals surface area contributed by atoms with E-state index in [1.54, 1.807) is 0 Å². The summed E-state index contributed by atoms with van der Waals surface area (Å²) in [6, 6.07) is 0. The quantitative estimate of drug-likeness (QED) is 0.776. The number of carboxylic acid groups (broad SMARTS) is 1. The van der Waals surface area contributed by atoms with E-state index in [0.717, 1.165) is 39.0 Å². The standard InChI is InChI=1S/C12H20N2O3/c15-11(14-5-1-2-6-14)9-13-7-3-10(4-8-13)12(16)17/h10H,1-9H2,(H,16,17). The molecule has 0 aromatic rings. The first-order valence-corrected chi connectivity index (χ1v) is 6.40. The highest BCUT2D eigenvalue weighted by Gasteiger charge is 2.27. The third-order valence-electron chi connectivity index (χ3n) is 3.75. The van der Waals surface area contributed by atoms with Crippen molar-refractivity contribution < 1.29 is 14.7 Å². The number of likely N-dealkylation sites (tertiary alicyclic amines) is 2. The van der Waals surface area contributed by atoms with E-state index in [4.69, 9.17) is 5.11 Å². The molecule has 5 heteroatoms. The Bertz CT molecular complexity index is 292. The third-order valence-corrected chi connectivity index (χ3v) is 3.75. The van der Waals surface area contributed by atoms with Crippen LogP contribution >= 0.6 is 0 Å². The summed E-state index contributed by atoms with van der Waals surface area (Å²) >= 11 is 0. The van der Waals surface area contributed by atoms with Gasteiger partial charge in [0.1, 0.15) is 0 Å². The largest absolute Gasteiger partial charge is 0.481 e. The molecule has 0 saturated carbocycles. The first-order chi connectivity index (χ1) is 8.16. The number of nitrogens with zero attached hydrogens (tertiary/aromatic N) is 2. The van der Waals surface area contributed by atoms with Crippen LogP contribution in [-0.4, -0.2) is 59.5 Å². The Morgan fingerprint density at radius 3 is 2.18 bits per heavy atom. The number of rotatable bonds is 3. The molecule has 1 amide bonds. The average molecular weight is 240 g/mol. The van der Waals surface area contributed by atoms with Crippen molar-refractivity contribution in [1.82, 2.24) is 9.80 Å². The summed E-state index contributed by atoms with van der Waals surface area (Å²) in [7, 11) is 0. The average Bonchev–Trinajstić information content (AvgIpc) is 2.83. The highest BCUT2D eigenvalue weighted by molar-refractivity contribution is 5.78. The SMILES string of the molecule is O=C(O)C1CCN(CC(=O)N2CCCC2)CC1. The van der Waals surface area contributed by atoms with Crippen molar-refractivity contribution in [1.29, 1.82) is 0 Å². The van der Waals surface area contributed by atoms with E-state index in [1.807, 2.05) is 4.90 Å². The maximum absolute atomic E-state index is 11.9.